The Morgan fingerprint density at radius 2 is 2.00 bits per heavy atom. The van der Waals surface area contributed by atoms with Crippen LogP contribution in [0.4, 0.5) is 8.78 Å². The number of nitrogens with zero attached hydrogens (tertiary/aromatic N) is 1. The minimum absolute atomic E-state index is 0.0940. The molecule has 2 rings (SSSR count). The van der Waals surface area contributed by atoms with E-state index in [4.69, 9.17) is 14.5 Å². The highest BCUT2D eigenvalue weighted by atomic mass is 79.9. The Kier molecular flexibility index (Phi) is 4.54. The number of aromatic nitrogens is 1. The van der Waals surface area contributed by atoms with Crippen LogP contribution in [0.2, 0.25) is 0 Å². The number of alkyl halides is 2. The lowest BCUT2D eigenvalue weighted by Gasteiger charge is -2.19. The van der Waals surface area contributed by atoms with E-state index in [1.807, 2.05) is 0 Å². The molecule has 0 bridgehead atoms. The Balaban J connectivity index is 2.59. The number of fused-ring (bicyclic) bond motifs is 1. The smallest absolute Gasteiger partial charge is 0.340 e. The topological polar surface area (TPSA) is 62.6 Å². The molecule has 0 fully saturated rings. The predicted molar refractivity (Wildman–Crippen MR) is 75.9 cm³/mol. The second-order valence-electron chi connectivity index (χ2n) is 3.97. The third-order valence-corrected chi connectivity index (χ3v) is 4.05. The molecule has 0 saturated carbocycles. The number of halogens is 3. The fourth-order valence-electron chi connectivity index (χ4n) is 1.71. The molecule has 0 spiro atoms. The Labute approximate surface area is 123 Å². The largest absolute Gasteiger partial charge is 0.478 e. The predicted octanol–water partition coefficient (Wildman–Crippen LogP) is 3.74. The molecule has 1 heterocycles. The minimum Gasteiger partial charge on any atom is -0.478 e. The lowest BCUT2D eigenvalue weighted by molar-refractivity contribution is 0.0726. The summed E-state index contributed by atoms with van der Waals surface area (Å²) < 4.78 is 32.8. The number of hydrogen-bond donors (Lipinski definition) is 2. The molecular weight excluding hydrogens is 355 g/mol. The maximum absolute atomic E-state index is 13.8. The average molecular weight is 366 g/mol. The van der Waals surface area contributed by atoms with Crippen molar-refractivity contribution in [2.75, 3.05) is 6.61 Å². The molecule has 8 heteroatoms. The van der Waals surface area contributed by atoms with Crippen LogP contribution in [0.15, 0.2) is 28.9 Å². The maximum atomic E-state index is 13.8. The summed E-state index contributed by atoms with van der Waals surface area (Å²) in [5, 5.41) is 1.12. The van der Waals surface area contributed by atoms with Crippen molar-refractivity contribution >= 4 is 35.1 Å². The molecule has 0 aliphatic carbocycles. The second kappa shape index (κ2) is 5.85. The van der Waals surface area contributed by atoms with E-state index in [1.54, 1.807) is 6.92 Å². The van der Waals surface area contributed by atoms with Crippen molar-refractivity contribution in [1.29, 1.82) is 0 Å². The van der Waals surface area contributed by atoms with Crippen LogP contribution in [0.3, 0.4) is 0 Å². The molecule has 0 radical (unpaired) electrons. The van der Waals surface area contributed by atoms with Gasteiger partial charge in [0.15, 0.2) is 0 Å². The molecule has 0 saturated heterocycles. The zero-order chi connectivity index (χ0) is 14.9. The van der Waals surface area contributed by atoms with Crippen LogP contribution in [0, 0.1) is 0 Å². The highest BCUT2D eigenvalue weighted by molar-refractivity contribution is 9.10. The van der Waals surface area contributed by atoms with Gasteiger partial charge in [0.05, 0.1) is 6.61 Å². The summed E-state index contributed by atoms with van der Waals surface area (Å²) in [7, 11) is -3.42. The van der Waals surface area contributed by atoms with E-state index in [9.17, 15) is 8.78 Å². The standard InChI is InChI=1S/C12H11BrF2NO3P/c1-2-19-11-5-7-3-9(12(14,15)20(17)18)10(13)4-8(7)6-16-11/h3-6,17-18H,2H2,1H3. The Bertz CT molecular complexity index is 639. The van der Waals surface area contributed by atoms with Crippen LogP contribution < -0.4 is 4.74 Å². The van der Waals surface area contributed by atoms with Crippen LogP contribution in [0.1, 0.15) is 12.5 Å². The molecule has 20 heavy (non-hydrogen) atoms. The first-order valence-corrected chi connectivity index (χ1v) is 7.68. The van der Waals surface area contributed by atoms with Gasteiger partial charge in [-0.05, 0) is 24.4 Å². The van der Waals surface area contributed by atoms with E-state index < -0.39 is 19.6 Å². The molecule has 0 unspecified atom stereocenters. The molecule has 0 atom stereocenters. The number of benzene rings is 1. The summed E-state index contributed by atoms with van der Waals surface area (Å²) >= 11 is 3.02. The third kappa shape index (κ3) is 2.91. The van der Waals surface area contributed by atoms with Crippen LogP contribution in [-0.2, 0) is 5.66 Å². The van der Waals surface area contributed by atoms with Crippen molar-refractivity contribution in [1.82, 2.24) is 4.98 Å². The quantitative estimate of drug-likeness (QED) is 0.810. The number of pyridine rings is 1. The highest BCUT2D eigenvalue weighted by Crippen LogP contribution is 2.54. The second-order valence-corrected chi connectivity index (χ2v) is 5.96. The number of hydrogen-bond acceptors (Lipinski definition) is 4. The van der Waals surface area contributed by atoms with Gasteiger partial charge in [-0.2, -0.15) is 8.78 Å². The normalized spacial score (nSPS) is 12.2. The summed E-state index contributed by atoms with van der Waals surface area (Å²) in [4.78, 5) is 21.8. The van der Waals surface area contributed by atoms with Crippen molar-refractivity contribution in [3.63, 3.8) is 0 Å². The van der Waals surface area contributed by atoms with Crippen molar-refractivity contribution in [3.8, 4) is 5.88 Å². The lowest BCUT2D eigenvalue weighted by atomic mass is 10.1. The fourth-order valence-corrected chi connectivity index (χ4v) is 2.87. The molecular formula is C12H11BrF2NO3P. The summed E-state index contributed by atoms with van der Waals surface area (Å²) in [6.07, 6.45) is 1.51. The SMILES string of the molecule is CCOc1cc2cc(C(F)(F)P(O)O)c(Br)cc2cn1. The Morgan fingerprint density at radius 3 is 2.60 bits per heavy atom. The average Bonchev–Trinajstić information content (AvgIpc) is 2.38. The maximum Gasteiger partial charge on any atom is 0.340 e. The summed E-state index contributed by atoms with van der Waals surface area (Å²) in [6, 6.07) is 4.19. The number of rotatable bonds is 4. The van der Waals surface area contributed by atoms with E-state index in [2.05, 4.69) is 20.9 Å². The van der Waals surface area contributed by atoms with Gasteiger partial charge in [-0.15, -0.1) is 0 Å². The summed E-state index contributed by atoms with van der Waals surface area (Å²) in [5.41, 5.74) is -4.19. The van der Waals surface area contributed by atoms with Crippen LogP contribution >= 0.6 is 24.3 Å². The molecule has 1 aromatic carbocycles. The zero-order valence-electron chi connectivity index (χ0n) is 10.3. The molecule has 108 valence electrons. The molecule has 0 amide bonds. The molecule has 0 aliphatic rings. The molecule has 1 aromatic heterocycles. The van der Waals surface area contributed by atoms with Gasteiger partial charge in [0.25, 0.3) is 0 Å². The van der Waals surface area contributed by atoms with Gasteiger partial charge in [-0.1, -0.05) is 15.9 Å². The first kappa shape index (κ1) is 15.5. The monoisotopic (exact) mass is 365 g/mol. The third-order valence-electron chi connectivity index (χ3n) is 2.65. The van der Waals surface area contributed by atoms with Gasteiger partial charge >= 0.3 is 5.66 Å². The van der Waals surface area contributed by atoms with Gasteiger partial charge in [0, 0.05) is 27.7 Å². The first-order chi connectivity index (χ1) is 9.36. The minimum atomic E-state index is -3.71. The highest BCUT2D eigenvalue weighted by Gasteiger charge is 2.42. The van der Waals surface area contributed by atoms with Crippen LogP contribution in [-0.4, -0.2) is 21.4 Å². The van der Waals surface area contributed by atoms with Crippen molar-refractivity contribution in [2.24, 2.45) is 0 Å². The van der Waals surface area contributed by atoms with Crippen molar-refractivity contribution in [3.05, 3.63) is 34.4 Å². The summed E-state index contributed by atoms with van der Waals surface area (Å²) in [5.74, 6) is 0.326. The summed E-state index contributed by atoms with van der Waals surface area (Å²) in [6.45, 7) is 2.20. The van der Waals surface area contributed by atoms with Crippen LogP contribution in [0.5, 0.6) is 5.88 Å². The van der Waals surface area contributed by atoms with Gasteiger partial charge in [0.1, 0.15) is 0 Å². The van der Waals surface area contributed by atoms with Crippen molar-refractivity contribution in [2.45, 2.75) is 12.6 Å². The molecule has 4 nitrogen and oxygen atoms in total. The van der Waals surface area contributed by atoms with E-state index in [1.165, 1.54) is 24.4 Å². The van der Waals surface area contributed by atoms with E-state index in [0.717, 1.165) is 0 Å². The first-order valence-electron chi connectivity index (χ1n) is 5.64. The van der Waals surface area contributed by atoms with Crippen molar-refractivity contribution < 1.29 is 23.3 Å². The zero-order valence-corrected chi connectivity index (χ0v) is 12.8. The molecule has 2 N–H and O–H groups in total. The van der Waals surface area contributed by atoms with Gasteiger partial charge in [0.2, 0.25) is 14.3 Å². The van der Waals surface area contributed by atoms with E-state index >= 15 is 0 Å². The Morgan fingerprint density at radius 1 is 1.30 bits per heavy atom. The Hall–Kier alpha value is -0.880. The van der Waals surface area contributed by atoms with E-state index in [-0.39, 0.29) is 4.47 Å². The van der Waals surface area contributed by atoms with Crippen LogP contribution in [0.25, 0.3) is 10.8 Å². The van der Waals surface area contributed by atoms with E-state index in [0.29, 0.717) is 23.3 Å². The van der Waals surface area contributed by atoms with Gasteiger partial charge in [-0.3, -0.25) is 0 Å². The lowest BCUT2D eigenvalue weighted by Crippen LogP contribution is -2.11. The fraction of sp³-hybridized carbons (Fsp3) is 0.250. The molecule has 2 aromatic rings. The van der Waals surface area contributed by atoms with Gasteiger partial charge < -0.3 is 14.5 Å². The number of ether oxygens (including phenoxy) is 1. The van der Waals surface area contributed by atoms with Gasteiger partial charge in [-0.25, -0.2) is 4.98 Å². The molecule has 0 aliphatic heterocycles.